The van der Waals surface area contributed by atoms with Gasteiger partial charge in [-0.3, -0.25) is 0 Å². The van der Waals surface area contributed by atoms with E-state index >= 15 is 0 Å². The van der Waals surface area contributed by atoms with Crippen molar-refractivity contribution in [2.45, 2.75) is 37.7 Å². The Labute approximate surface area is 143 Å². The van der Waals surface area contributed by atoms with E-state index in [1.165, 1.54) is 17.0 Å². The van der Waals surface area contributed by atoms with E-state index in [1.54, 1.807) is 10.7 Å². The third-order valence-electron chi connectivity index (χ3n) is 4.56. The number of rotatable bonds is 3. The molecule has 9 heteroatoms. The van der Waals surface area contributed by atoms with Gasteiger partial charge in [0.1, 0.15) is 5.82 Å². The summed E-state index contributed by atoms with van der Waals surface area (Å²) in [4.78, 5) is 13.8. The number of nitrogens with one attached hydrogen (secondary N) is 1. The summed E-state index contributed by atoms with van der Waals surface area (Å²) in [7, 11) is 0. The fourth-order valence-electron chi connectivity index (χ4n) is 3.05. The number of urea groups is 1. The predicted molar refractivity (Wildman–Crippen MR) is 86.9 cm³/mol. The first-order chi connectivity index (χ1) is 12.1. The number of aliphatic hydroxyl groups excluding tert-OH is 1. The Morgan fingerprint density at radius 2 is 2.16 bits per heavy atom. The van der Waals surface area contributed by atoms with Crippen molar-refractivity contribution in [1.29, 1.82) is 0 Å². The summed E-state index contributed by atoms with van der Waals surface area (Å²) in [5.41, 5.74) is 0.669. The van der Waals surface area contributed by atoms with Gasteiger partial charge >= 0.3 is 6.03 Å². The number of tetrazole rings is 1. The minimum atomic E-state index is -0.532. The lowest BCUT2D eigenvalue weighted by molar-refractivity contribution is 0.0883. The molecule has 8 nitrogen and oxygen atoms in total. The van der Waals surface area contributed by atoms with Crippen LogP contribution in [0.5, 0.6) is 0 Å². The van der Waals surface area contributed by atoms with Crippen molar-refractivity contribution in [2.24, 2.45) is 0 Å². The van der Waals surface area contributed by atoms with Crippen LogP contribution in [0, 0.1) is 5.82 Å². The van der Waals surface area contributed by atoms with Gasteiger partial charge in [-0.1, -0.05) is 0 Å². The van der Waals surface area contributed by atoms with Crippen molar-refractivity contribution in [2.75, 3.05) is 18.4 Å². The van der Waals surface area contributed by atoms with Crippen LogP contribution in [0.3, 0.4) is 0 Å². The number of halogens is 1. The lowest BCUT2D eigenvalue weighted by Crippen LogP contribution is -2.44. The first kappa shape index (κ1) is 15.9. The fraction of sp³-hybridized carbons (Fsp3) is 0.500. The minimum Gasteiger partial charge on any atom is -0.391 e. The van der Waals surface area contributed by atoms with E-state index in [-0.39, 0.29) is 12.2 Å². The molecule has 2 aliphatic rings. The molecule has 2 N–H and O–H groups in total. The van der Waals surface area contributed by atoms with E-state index in [0.29, 0.717) is 24.6 Å². The van der Waals surface area contributed by atoms with E-state index in [1.807, 2.05) is 0 Å². The molecule has 2 aromatic rings. The fourth-order valence-corrected chi connectivity index (χ4v) is 3.05. The Morgan fingerprint density at radius 3 is 2.92 bits per heavy atom. The summed E-state index contributed by atoms with van der Waals surface area (Å²) in [6.45, 7) is 0.801. The summed E-state index contributed by atoms with van der Waals surface area (Å²) >= 11 is 0. The smallest absolute Gasteiger partial charge is 0.322 e. The van der Waals surface area contributed by atoms with E-state index in [2.05, 4.69) is 20.8 Å². The number of hydrogen-bond acceptors (Lipinski definition) is 5. The molecule has 1 aromatic heterocycles. The molecule has 2 heterocycles. The quantitative estimate of drug-likeness (QED) is 0.881. The van der Waals surface area contributed by atoms with Gasteiger partial charge in [0.15, 0.2) is 5.82 Å². The van der Waals surface area contributed by atoms with Crippen LogP contribution in [-0.2, 0) is 0 Å². The summed E-state index contributed by atoms with van der Waals surface area (Å²) in [6.07, 6.45) is 2.96. The van der Waals surface area contributed by atoms with Crippen LogP contribution in [-0.4, -0.2) is 55.4 Å². The Hall–Kier alpha value is -2.55. The number of hydrogen-bond donors (Lipinski definition) is 2. The zero-order chi connectivity index (χ0) is 17.4. The van der Waals surface area contributed by atoms with Gasteiger partial charge in [0.05, 0.1) is 17.5 Å². The van der Waals surface area contributed by atoms with Crippen molar-refractivity contribution in [3.05, 3.63) is 29.8 Å². The molecule has 1 aliphatic heterocycles. The third kappa shape index (κ3) is 3.32. The van der Waals surface area contributed by atoms with Crippen LogP contribution < -0.4 is 5.32 Å². The number of nitrogens with zero attached hydrogens (tertiary/aromatic N) is 5. The van der Waals surface area contributed by atoms with Gasteiger partial charge in [0.25, 0.3) is 0 Å². The summed E-state index contributed by atoms with van der Waals surface area (Å²) < 4.78 is 15.7. The molecule has 132 valence electrons. The Bertz CT molecular complexity index is 791. The van der Waals surface area contributed by atoms with Gasteiger partial charge in [-0.15, -0.1) is 5.10 Å². The highest BCUT2D eigenvalue weighted by Gasteiger charge is 2.30. The van der Waals surface area contributed by atoms with Gasteiger partial charge in [-0.05, 0) is 54.3 Å². The highest BCUT2D eigenvalue weighted by molar-refractivity contribution is 5.89. The molecule has 1 saturated heterocycles. The molecular formula is C16H19FN6O2. The van der Waals surface area contributed by atoms with E-state index < -0.39 is 18.0 Å². The first-order valence-corrected chi connectivity index (χ1v) is 8.44. The largest absolute Gasteiger partial charge is 0.391 e. The zero-order valence-electron chi connectivity index (χ0n) is 13.6. The molecule has 0 spiro atoms. The number of anilines is 1. The second-order valence-electron chi connectivity index (χ2n) is 6.56. The van der Waals surface area contributed by atoms with Crippen molar-refractivity contribution < 1.29 is 14.3 Å². The Balaban J connectivity index is 1.55. The molecule has 0 radical (unpaired) electrons. The molecule has 1 saturated carbocycles. The molecule has 2 amide bonds. The number of amides is 2. The van der Waals surface area contributed by atoms with Gasteiger partial charge in [-0.25, -0.2) is 9.18 Å². The number of aromatic nitrogens is 4. The molecule has 1 atom stereocenters. The standard InChI is InChI=1S/C16H19FN6O2/c17-13-6-5-11(23-15(10-3-4-10)19-20-21-23)8-14(13)18-16(25)22-7-1-2-12(24)9-22/h5-6,8,10,12,24H,1-4,7,9H2,(H,18,25)/t12-/m1/s1. The molecule has 4 rings (SSSR count). The molecule has 2 fully saturated rings. The lowest BCUT2D eigenvalue weighted by atomic mass is 10.1. The second kappa shape index (κ2) is 6.40. The summed E-state index contributed by atoms with van der Waals surface area (Å²) in [6, 6.07) is 3.97. The zero-order valence-corrected chi connectivity index (χ0v) is 13.6. The minimum absolute atomic E-state index is 0.0693. The van der Waals surface area contributed by atoms with Gasteiger partial charge < -0.3 is 15.3 Å². The Kier molecular flexibility index (Phi) is 4.08. The summed E-state index contributed by atoms with van der Waals surface area (Å²) in [5, 5.41) is 24.0. The van der Waals surface area contributed by atoms with Gasteiger partial charge in [-0.2, -0.15) is 4.68 Å². The van der Waals surface area contributed by atoms with Crippen LogP contribution in [0.2, 0.25) is 0 Å². The highest BCUT2D eigenvalue weighted by atomic mass is 19.1. The van der Waals surface area contributed by atoms with E-state index in [0.717, 1.165) is 25.1 Å². The predicted octanol–water partition coefficient (Wildman–Crippen LogP) is 1.67. The van der Waals surface area contributed by atoms with Gasteiger partial charge in [0.2, 0.25) is 0 Å². The van der Waals surface area contributed by atoms with Crippen molar-refractivity contribution >= 4 is 11.7 Å². The van der Waals surface area contributed by atoms with Gasteiger partial charge in [0, 0.05) is 19.0 Å². The normalized spacial score (nSPS) is 20.6. The number of aliphatic hydroxyl groups is 1. The lowest BCUT2D eigenvalue weighted by Gasteiger charge is -2.30. The summed E-state index contributed by atoms with van der Waals surface area (Å²) in [5.74, 6) is 0.562. The van der Waals surface area contributed by atoms with E-state index in [9.17, 15) is 14.3 Å². The number of carbonyl (C=O) groups is 1. The van der Waals surface area contributed by atoms with Crippen LogP contribution in [0.15, 0.2) is 18.2 Å². The van der Waals surface area contributed by atoms with Crippen LogP contribution >= 0.6 is 0 Å². The second-order valence-corrected chi connectivity index (χ2v) is 6.56. The van der Waals surface area contributed by atoms with Crippen molar-refractivity contribution in [3.8, 4) is 5.69 Å². The molecule has 1 aliphatic carbocycles. The number of benzene rings is 1. The molecule has 1 aromatic carbocycles. The van der Waals surface area contributed by atoms with Crippen LogP contribution in [0.1, 0.15) is 37.4 Å². The third-order valence-corrected chi connectivity index (χ3v) is 4.56. The topological polar surface area (TPSA) is 96.2 Å². The molecule has 0 unspecified atom stereocenters. The monoisotopic (exact) mass is 346 g/mol. The maximum Gasteiger partial charge on any atom is 0.322 e. The maximum atomic E-state index is 14.1. The molecular weight excluding hydrogens is 327 g/mol. The number of likely N-dealkylation sites (tertiary alicyclic amines) is 1. The first-order valence-electron chi connectivity index (χ1n) is 8.44. The average molecular weight is 346 g/mol. The number of piperidine rings is 1. The SMILES string of the molecule is O=C(Nc1cc(-n2nnnc2C2CC2)ccc1F)N1CCC[C@@H](O)C1. The average Bonchev–Trinajstić information content (AvgIpc) is 3.34. The number of β-amino-alcohol motifs (C(OH)–C–C–N with tert-alkyl or cyclic N) is 1. The highest BCUT2D eigenvalue weighted by Crippen LogP contribution is 2.39. The van der Waals surface area contributed by atoms with Crippen LogP contribution in [0.25, 0.3) is 5.69 Å². The molecule has 0 bridgehead atoms. The van der Waals surface area contributed by atoms with Crippen LogP contribution in [0.4, 0.5) is 14.9 Å². The maximum absolute atomic E-state index is 14.1. The number of carbonyl (C=O) groups excluding carboxylic acids is 1. The Morgan fingerprint density at radius 1 is 1.32 bits per heavy atom. The van der Waals surface area contributed by atoms with Crippen molar-refractivity contribution in [1.82, 2.24) is 25.1 Å². The van der Waals surface area contributed by atoms with Crippen molar-refractivity contribution in [3.63, 3.8) is 0 Å². The van der Waals surface area contributed by atoms with E-state index in [4.69, 9.17) is 0 Å². The molecule has 25 heavy (non-hydrogen) atoms.